The molecule has 2 aromatic carbocycles. The standard InChI is InChI=1S/C20H20F3N3O3/c1-11(20(29)24-14-6-4-13(5-7-14)12(2)27)26(3)10-17(28)25-16-9-8-15(21)18(22)19(16)23/h4-9,11H,10H2,1-3H3,(H,24,29)(H,25,28)/p+1/t11-/m0/s1. The second-order valence-electron chi connectivity index (χ2n) is 6.64. The summed E-state index contributed by atoms with van der Waals surface area (Å²) in [4.78, 5) is 36.2. The zero-order valence-electron chi connectivity index (χ0n) is 16.1. The minimum atomic E-state index is -1.67. The molecule has 2 amide bonds. The van der Waals surface area contributed by atoms with Crippen LogP contribution >= 0.6 is 0 Å². The highest BCUT2D eigenvalue weighted by Crippen LogP contribution is 2.19. The van der Waals surface area contributed by atoms with Crippen LogP contribution < -0.4 is 15.5 Å². The number of carbonyl (C=O) groups excluding carboxylic acids is 3. The molecule has 1 unspecified atom stereocenters. The van der Waals surface area contributed by atoms with Crippen molar-refractivity contribution < 1.29 is 32.5 Å². The highest BCUT2D eigenvalue weighted by molar-refractivity contribution is 5.97. The fourth-order valence-electron chi connectivity index (χ4n) is 2.49. The van der Waals surface area contributed by atoms with E-state index in [0.29, 0.717) is 22.2 Å². The van der Waals surface area contributed by atoms with Gasteiger partial charge in [-0.05, 0) is 50.2 Å². The van der Waals surface area contributed by atoms with Gasteiger partial charge in [0, 0.05) is 11.3 Å². The molecule has 6 nitrogen and oxygen atoms in total. The van der Waals surface area contributed by atoms with Gasteiger partial charge in [0.1, 0.15) is 0 Å². The quantitative estimate of drug-likeness (QED) is 0.483. The third-order valence-electron chi connectivity index (χ3n) is 4.44. The van der Waals surface area contributed by atoms with E-state index < -0.39 is 35.1 Å². The molecule has 154 valence electrons. The van der Waals surface area contributed by atoms with E-state index in [2.05, 4.69) is 10.6 Å². The van der Waals surface area contributed by atoms with Crippen LogP contribution in [0.15, 0.2) is 36.4 Å². The summed E-state index contributed by atoms with van der Waals surface area (Å²) >= 11 is 0. The summed E-state index contributed by atoms with van der Waals surface area (Å²) < 4.78 is 39.8. The number of benzene rings is 2. The summed E-state index contributed by atoms with van der Waals surface area (Å²) in [6.45, 7) is 2.82. The number of halogens is 3. The van der Waals surface area contributed by atoms with Gasteiger partial charge in [0.15, 0.2) is 35.8 Å². The largest absolute Gasteiger partial charge is 0.321 e. The first-order chi connectivity index (χ1) is 13.6. The topological polar surface area (TPSA) is 79.7 Å². The molecule has 3 N–H and O–H groups in total. The van der Waals surface area contributed by atoms with Crippen LogP contribution in [0.1, 0.15) is 24.2 Å². The number of likely N-dealkylation sites (N-methyl/N-ethyl adjacent to an activating group) is 1. The van der Waals surface area contributed by atoms with Gasteiger partial charge in [-0.1, -0.05) is 0 Å². The minimum Gasteiger partial charge on any atom is -0.321 e. The smallest absolute Gasteiger partial charge is 0.282 e. The molecule has 0 aromatic heterocycles. The van der Waals surface area contributed by atoms with Crippen molar-refractivity contribution in [1.29, 1.82) is 0 Å². The Morgan fingerprint density at radius 3 is 2.17 bits per heavy atom. The molecule has 0 aliphatic rings. The number of Topliss-reactive ketones (excluding diaryl/α,β-unsaturated/α-hetero) is 1. The van der Waals surface area contributed by atoms with Crippen molar-refractivity contribution in [2.75, 3.05) is 24.2 Å². The molecular weight excluding hydrogens is 387 g/mol. The lowest BCUT2D eigenvalue weighted by molar-refractivity contribution is -0.885. The van der Waals surface area contributed by atoms with Crippen LogP contribution in [0.25, 0.3) is 0 Å². The van der Waals surface area contributed by atoms with E-state index in [9.17, 15) is 27.6 Å². The van der Waals surface area contributed by atoms with Gasteiger partial charge in [-0.15, -0.1) is 0 Å². The number of rotatable bonds is 7. The Balaban J connectivity index is 1.94. The molecule has 0 saturated heterocycles. The zero-order valence-corrected chi connectivity index (χ0v) is 16.1. The van der Waals surface area contributed by atoms with Gasteiger partial charge in [-0.2, -0.15) is 0 Å². The van der Waals surface area contributed by atoms with Crippen LogP contribution in [0.4, 0.5) is 24.5 Å². The molecule has 0 heterocycles. The van der Waals surface area contributed by atoms with Gasteiger partial charge in [-0.25, -0.2) is 13.2 Å². The van der Waals surface area contributed by atoms with E-state index in [1.807, 2.05) is 0 Å². The van der Waals surface area contributed by atoms with Crippen molar-refractivity contribution in [3.8, 4) is 0 Å². The summed E-state index contributed by atoms with van der Waals surface area (Å²) in [6, 6.07) is 7.33. The average molecular weight is 408 g/mol. The average Bonchev–Trinajstić information content (AvgIpc) is 2.68. The predicted octanol–water partition coefficient (Wildman–Crippen LogP) is 1.79. The fraction of sp³-hybridized carbons (Fsp3) is 0.250. The van der Waals surface area contributed by atoms with Crippen molar-refractivity contribution in [3.63, 3.8) is 0 Å². The predicted molar refractivity (Wildman–Crippen MR) is 101 cm³/mol. The number of anilines is 2. The molecule has 0 radical (unpaired) electrons. The summed E-state index contributed by atoms with van der Waals surface area (Å²) in [5, 5.41) is 4.84. The molecule has 0 aliphatic heterocycles. The molecule has 0 aliphatic carbocycles. The van der Waals surface area contributed by atoms with Gasteiger partial charge in [-0.3, -0.25) is 14.4 Å². The Kier molecular flexibility index (Phi) is 7.11. The van der Waals surface area contributed by atoms with E-state index >= 15 is 0 Å². The number of carbonyl (C=O) groups is 3. The molecule has 2 rings (SSSR count). The van der Waals surface area contributed by atoms with Crippen molar-refractivity contribution in [3.05, 3.63) is 59.4 Å². The number of ketones is 1. The molecular formula is C20H21F3N3O3+. The van der Waals surface area contributed by atoms with Crippen LogP contribution in [-0.2, 0) is 9.59 Å². The Morgan fingerprint density at radius 1 is 0.966 bits per heavy atom. The van der Waals surface area contributed by atoms with Gasteiger partial charge in [0.05, 0.1) is 12.7 Å². The SMILES string of the molecule is CC(=O)c1ccc(NC(=O)[C@H](C)[NH+](C)CC(=O)Nc2ccc(F)c(F)c2F)cc1. The molecule has 2 aromatic rings. The lowest BCUT2D eigenvalue weighted by Crippen LogP contribution is -3.14. The van der Waals surface area contributed by atoms with E-state index in [1.165, 1.54) is 6.92 Å². The molecule has 29 heavy (non-hydrogen) atoms. The molecule has 0 bridgehead atoms. The van der Waals surface area contributed by atoms with Gasteiger partial charge in [0.25, 0.3) is 11.8 Å². The Morgan fingerprint density at radius 2 is 1.59 bits per heavy atom. The lowest BCUT2D eigenvalue weighted by Gasteiger charge is -2.20. The van der Waals surface area contributed by atoms with E-state index in [0.717, 1.165) is 6.07 Å². The van der Waals surface area contributed by atoms with Gasteiger partial charge >= 0.3 is 0 Å². The first kappa shape index (κ1) is 22.1. The minimum absolute atomic E-state index is 0.0936. The van der Waals surface area contributed by atoms with Crippen molar-refractivity contribution in [2.24, 2.45) is 0 Å². The number of hydrogen-bond acceptors (Lipinski definition) is 3. The first-order valence-corrected chi connectivity index (χ1v) is 8.77. The summed E-state index contributed by atoms with van der Waals surface area (Å²) in [7, 11) is 1.59. The third-order valence-corrected chi connectivity index (χ3v) is 4.44. The number of quaternary nitrogens is 1. The number of hydrogen-bond donors (Lipinski definition) is 3. The lowest BCUT2D eigenvalue weighted by atomic mass is 10.1. The summed E-state index contributed by atoms with van der Waals surface area (Å²) in [6.07, 6.45) is 0. The van der Waals surface area contributed by atoms with E-state index in [1.54, 1.807) is 38.2 Å². The molecule has 0 saturated carbocycles. The van der Waals surface area contributed by atoms with Crippen molar-refractivity contribution >= 4 is 29.0 Å². The van der Waals surface area contributed by atoms with E-state index in [4.69, 9.17) is 0 Å². The Labute approximate surface area is 165 Å². The van der Waals surface area contributed by atoms with Crippen LogP contribution in [0, 0.1) is 17.5 Å². The van der Waals surface area contributed by atoms with Crippen molar-refractivity contribution in [2.45, 2.75) is 19.9 Å². The van der Waals surface area contributed by atoms with Crippen LogP contribution in [0.3, 0.4) is 0 Å². The van der Waals surface area contributed by atoms with Gasteiger partial charge in [0.2, 0.25) is 0 Å². The monoisotopic (exact) mass is 408 g/mol. The maximum atomic E-state index is 13.6. The third kappa shape index (κ3) is 5.64. The second kappa shape index (κ2) is 9.33. The summed E-state index contributed by atoms with van der Waals surface area (Å²) in [5.41, 5.74) is 0.525. The van der Waals surface area contributed by atoms with Crippen molar-refractivity contribution in [1.82, 2.24) is 0 Å². The van der Waals surface area contributed by atoms with Gasteiger partial charge < -0.3 is 15.5 Å². The Hall–Kier alpha value is -3.20. The molecule has 2 atom stereocenters. The molecule has 0 fully saturated rings. The second-order valence-corrected chi connectivity index (χ2v) is 6.64. The number of amides is 2. The fourth-order valence-corrected chi connectivity index (χ4v) is 2.49. The van der Waals surface area contributed by atoms with Crippen LogP contribution in [0.2, 0.25) is 0 Å². The molecule has 9 heteroatoms. The maximum absolute atomic E-state index is 13.6. The van der Waals surface area contributed by atoms with Crippen LogP contribution in [-0.4, -0.2) is 37.2 Å². The maximum Gasteiger partial charge on any atom is 0.282 e. The highest BCUT2D eigenvalue weighted by Gasteiger charge is 2.25. The first-order valence-electron chi connectivity index (χ1n) is 8.77. The highest BCUT2D eigenvalue weighted by atomic mass is 19.2. The zero-order chi connectivity index (χ0) is 21.7. The number of nitrogens with one attached hydrogen (secondary N) is 3. The van der Waals surface area contributed by atoms with E-state index in [-0.39, 0.29) is 18.2 Å². The Bertz CT molecular complexity index is 933. The molecule has 0 spiro atoms. The van der Waals surface area contributed by atoms with Crippen LogP contribution in [0.5, 0.6) is 0 Å². The normalized spacial score (nSPS) is 12.8. The summed E-state index contributed by atoms with van der Waals surface area (Å²) in [5.74, 6) is -5.65.